The number of pyridine rings is 1. The minimum atomic E-state index is 0.00291. The van der Waals surface area contributed by atoms with Gasteiger partial charge in [0.1, 0.15) is 5.69 Å². The Balaban J connectivity index is 1.28. The number of rotatable bonds is 6. The molecule has 0 spiro atoms. The molecule has 4 rings (SSSR count). The zero-order valence-corrected chi connectivity index (χ0v) is 17.1. The first kappa shape index (κ1) is 19.5. The van der Waals surface area contributed by atoms with Crippen LogP contribution in [0.15, 0.2) is 36.5 Å². The highest BCUT2D eigenvalue weighted by Gasteiger charge is 2.23. The van der Waals surface area contributed by atoms with Gasteiger partial charge in [-0.25, -0.2) is 4.98 Å². The van der Waals surface area contributed by atoms with Gasteiger partial charge in [0.2, 0.25) is 6.79 Å². The number of carbonyl (C=O) groups is 1. The summed E-state index contributed by atoms with van der Waals surface area (Å²) in [6.07, 6.45) is 1.74. The first-order chi connectivity index (χ1) is 14.1. The summed E-state index contributed by atoms with van der Waals surface area (Å²) in [6, 6.07) is 9.81. The number of hydrogen-bond acceptors (Lipinski definition) is 6. The van der Waals surface area contributed by atoms with Gasteiger partial charge in [-0.05, 0) is 35.7 Å². The maximum Gasteiger partial charge on any atom is 0.272 e. The molecule has 29 heavy (non-hydrogen) atoms. The molecular weight excluding hydrogens is 368 g/mol. The molecule has 1 saturated heterocycles. The van der Waals surface area contributed by atoms with Crippen LogP contribution in [0, 0.1) is 5.92 Å². The SMILES string of the molecule is CC(C)CNc1ccc(C(=O)N2CCN(Cc3ccc4c(c3)OCO4)CC2)nc1. The number of ether oxygens (including phenoxy) is 2. The van der Waals surface area contributed by atoms with Gasteiger partial charge >= 0.3 is 0 Å². The van der Waals surface area contributed by atoms with E-state index in [1.54, 1.807) is 6.20 Å². The second-order valence-corrected chi connectivity index (χ2v) is 7.96. The minimum Gasteiger partial charge on any atom is -0.454 e. The molecule has 1 fully saturated rings. The van der Waals surface area contributed by atoms with Crippen LogP contribution in [-0.4, -0.2) is 60.2 Å². The van der Waals surface area contributed by atoms with Crippen molar-refractivity contribution in [3.63, 3.8) is 0 Å². The fourth-order valence-electron chi connectivity index (χ4n) is 3.52. The molecule has 1 aromatic carbocycles. The van der Waals surface area contributed by atoms with Crippen LogP contribution in [-0.2, 0) is 6.54 Å². The van der Waals surface area contributed by atoms with E-state index in [0.717, 1.165) is 43.4 Å². The smallest absolute Gasteiger partial charge is 0.272 e. The number of nitrogens with one attached hydrogen (secondary N) is 1. The third kappa shape index (κ3) is 4.79. The van der Waals surface area contributed by atoms with Gasteiger partial charge in [-0.15, -0.1) is 0 Å². The van der Waals surface area contributed by atoms with Crippen molar-refractivity contribution in [3.8, 4) is 11.5 Å². The zero-order chi connectivity index (χ0) is 20.2. The lowest BCUT2D eigenvalue weighted by molar-refractivity contribution is 0.0623. The van der Waals surface area contributed by atoms with Crippen molar-refractivity contribution in [2.75, 3.05) is 44.8 Å². The van der Waals surface area contributed by atoms with Crippen LogP contribution >= 0.6 is 0 Å². The molecule has 0 atom stereocenters. The Morgan fingerprint density at radius 2 is 1.90 bits per heavy atom. The summed E-state index contributed by atoms with van der Waals surface area (Å²) >= 11 is 0. The second kappa shape index (κ2) is 8.69. The van der Waals surface area contributed by atoms with Crippen LogP contribution in [0.4, 0.5) is 5.69 Å². The van der Waals surface area contributed by atoms with E-state index in [2.05, 4.69) is 35.1 Å². The van der Waals surface area contributed by atoms with Crippen molar-refractivity contribution in [1.82, 2.24) is 14.8 Å². The van der Waals surface area contributed by atoms with Crippen LogP contribution in [0.2, 0.25) is 0 Å². The lowest BCUT2D eigenvalue weighted by Gasteiger charge is -2.34. The molecule has 0 aliphatic carbocycles. The van der Waals surface area contributed by atoms with Gasteiger partial charge in [-0.2, -0.15) is 0 Å². The average molecular weight is 396 g/mol. The Hall–Kier alpha value is -2.80. The van der Waals surface area contributed by atoms with Gasteiger partial charge in [0.15, 0.2) is 11.5 Å². The molecule has 0 bridgehead atoms. The fourth-order valence-corrected chi connectivity index (χ4v) is 3.52. The third-order valence-electron chi connectivity index (χ3n) is 5.20. The van der Waals surface area contributed by atoms with E-state index in [1.807, 2.05) is 29.2 Å². The van der Waals surface area contributed by atoms with Crippen LogP contribution in [0.25, 0.3) is 0 Å². The van der Waals surface area contributed by atoms with E-state index in [1.165, 1.54) is 5.56 Å². The molecule has 7 nitrogen and oxygen atoms in total. The summed E-state index contributed by atoms with van der Waals surface area (Å²) < 4.78 is 10.8. The van der Waals surface area contributed by atoms with Gasteiger partial charge in [0.05, 0.1) is 11.9 Å². The Morgan fingerprint density at radius 1 is 1.10 bits per heavy atom. The van der Waals surface area contributed by atoms with Gasteiger partial charge in [0, 0.05) is 39.3 Å². The van der Waals surface area contributed by atoms with E-state index in [-0.39, 0.29) is 5.91 Å². The summed E-state index contributed by atoms with van der Waals surface area (Å²) in [5.41, 5.74) is 2.65. The minimum absolute atomic E-state index is 0.00291. The maximum atomic E-state index is 12.8. The second-order valence-electron chi connectivity index (χ2n) is 7.96. The van der Waals surface area contributed by atoms with Crippen LogP contribution < -0.4 is 14.8 Å². The maximum absolute atomic E-state index is 12.8. The Kier molecular flexibility index (Phi) is 5.85. The van der Waals surface area contributed by atoms with Crippen LogP contribution in [0.5, 0.6) is 11.5 Å². The van der Waals surface area contributed by atoms with E-state index in [9.17, 15) is 4.79 Å². The first-order valence-electron chi connectivity index (χ1n) is 10.2. The van der Waals surface area contributed by atoms with Crippen molar-refractivity contribution >= 4 is 11.6 Å². The molecule has 0 saturated carbocycles. The lowest BCUT2D eigenvalue weighted by atomic mass is 10.1. The Labute approximate surface area is 171 Å². The fraction of sp³-hybridized carbons (Fsp3) is 0.455. The molecule has 3 heterocycles. The van der Waals surface area contributed by atoms with E-state index >= 15 is 0 Å². The highest BCUT2D eigenvalue weighted by Crippen LogP contribution is 2.32. The first-order valence-corrected chi connectivity index (χ1v) is 10.2. The van der Waals surface area contributed by atoms with E-state index in [0.29, 0.717) is 31.5 Å². The quantitative estimate of drug-likeness (QED) is 0.810. The van der Waals surface area contributed by atoms with Gasteiger partial charge in [0.25, 0.3) is 5.91 Å². The molecule has 0 radical (unpaired) electrons. The normalized spacial score (nSPS) is 16.3. The highest BCUT2D eigenvalue weighted by atomic mass is 16.7. The van der Waals surface area contributed by atoms with Crippen molar-refractivity contribution in [2.24, 2.45) is 5.92 Å². The highest BCUT2D eigenvalue weighted by molar-refractivity contribution is 5.92. The molecule has 154 valence electrons. The topological polar surface area (TPSA) is 66.9 Å². The third-order valence-corrected chi connectivity index (χ3v) is 5.20. The summed E-state index contributed by atoms with van der Waals surface area (Å²) in [5.74, 6) is 2.18. The largest absolute Gasteiger partial charge is 0.454 e. The molecule has 1 amide bonds. The number of piperazine rings is 1. The molecule has 2 aromatic rings. The average Bonchev–Trinajstić information content (AvgIpc) is 3.20. The van der Waals surface area contributed by atoms with Crippen molar-refractivity contribution in [3.05, 3.63) is 47.8 Å². The van der Waals surface area contributed by atoms with Gasteiger partial charge in [-0.3, -0.25) is 9.69 Å². The van der Waals surface area contributed by atoms with Gasteiger partial charge < -0.3 is 19.7 Å². The summed E-state index contributed by atoms with van der Waals surface area (Å²) in [6.45, 7) is 9.43. The number of aromatic nitrogens is 1. The van der Waals surface area contributed by atoms with Crippen LogP contribution in [0.1, 0.15) is 29.9 Å². The van der Waals surface area contributed by atoms with Gasteiger partial charge in [-0.1, -0.05) is 19.9 Å². The number of anilines is 1. The zero-order valence-electron chi connectivity index (χ0n) is 17.1. The molecular formula is C22H28N4O3. The summed E-state index contributed by atoms with van der Waals surface area (Å²) in [7, 11) is 0. The number of fused-ring (bicyclic) bond motifs is 1. The number of hydrogen-bond donors (Lipinski definition) is 1. The van der Waals surface area contributed by atoms with E-state index < -0.39 is 0 Å². The number of carbonyl (C=O) groups excluding carboxylic acids is 1. The lowest BCUT2D eigenvalue weighted by Crippen LogP contribution is -2.48. The van der Waals surface area contributed by atoms with Crippen molar-refractivity contribution in [1.29, 1.82) is 0 Å². The molecule has 0 unspecified atom stereocenters. The van der Waals surface area contributed by atoms with E-state index in [4.69, 9.17) is 9.47 Å². The number of benzene rings is 1. The van der Waals surface area contributed by atoms with Crippen LogP contribution in [0.3, 0.4) is 0 Å². The summed E-state index contributed by atoms with van der Waals surface area (Å²) in [4.78, 5) is 21.4. The van der Waals surface area contributed by atoms with Crippen molar-refractivity contribution < 1.29 is 14.3 Å². The predicted molar refractivity (Wildman–Crippen MR) is 111 cm³/mol. The standard InChI is InChI=1S/C22H28N4O3/c1-16(2)12-23-18-4-5-19(24-13-18)22(27)26-9-7-25(8-10-26)14-17-3-6-20-21(11-17)29-15-28-20/h3-6,11,13,16,23H,7-10,12,14-15H2,1-2H3. The van der Waals surface area contributed by atoms with Crippen molar-refractivity contribution in [2.45, 2.75) is 20.4 Å². The Morgan fingerprint density at radius 3 is 2.62 bits per heavy atom. The summed E-state index contributed by atoms with van der Waals surface area (Å²) in [5, 5.41) is 3.32. The number of nitrogens with zero attached hydrogens (tertiary/aromatic N) is 3. The molecule has 2 aliphatic rings. The number of amides is 1. The molecule has 7 heteroatoms. The molecule has 1 aromatic heterocycles. The monoisotopic (exact) mass is 396 g/mol. The molecule has 2 aliphatic heterocycles. The predicted octanol–water partition coefficient (Wildman–Crippen LogP) is 2.84. The Bertz CT molecular complexity index is 846. The molecule has 1 N–H and O–H groups in total.